The Morgan fingerprint density at radius 1 is 0.562 bits per heavy atom. The smallest absolute Gasteiger partial charge is 0.333 e. The first-order valence-electron chi connectivity index (χ1n) is 22.9. The van der Waals surface area contributed by atoms with Crippen LogP contribution in [0.1, 0.15) is 77.6 Å². The van der Waals surface area contributed by atoms with Crippen molar-refractivity contribution in [2.24, 2.45) is 0 Å². The van der Waals surface area contributed by atoms with Crippen molar-refractivity contribution in [2.45, 2.75) is 71.6 Å². The van der Waals surface area contributed by atoms with Crippen LogP contribution in [0.2, 0.25) is 0 Å². The Balaban J connectivity index is 1.23. The van der Waals surface area contributed by atoms with Crippen molar-refractivity contribution in [3.63, 3.8) is 0 Å². The van der Waals surface area contributed by atoms with Crippen molar-refractivity contribution in [3.8, 4) is 27.9 Å². The van der Waals surface area contributed by atoms with E-state index in [-0.39, 0.29) is 23.1 Å². The van der Waals surface area contributed by atoms with Gasteiger partial charge in [0.15, 0.2) is 0 Å². The molecule has 3 nitrogen and oxygen atoms in total. The van der Waals surface area contributed by atoms with Crippen LogP contribution in [0.4, 0.5) is 11.4 Å². The molecule has 0 bridgehead atoms. The second-order valence-electron chi connectivity index (χ2n) is 21.3. The Bertz CT molecular complexity index is 3900. The Hall–Kier alpha value is -6.56. The summed E-state index contributed by atoms with van der Waals surface area (Å²) in [6.45, 7) is 18.7. The van der Waals surface area contributed by atoms with Crippen LogP contribution in [0.25, 0.3) is 91.9 Å². The van der Waals surface area contributed by atoms with Gasteiger partial charge < -0.3 is 13.8 Å². The Morgan fingerprint density at radius 2 is 1.28 bits per heavy atom. The maximum absolute atomic E-state index is 6.78. The number of hydrogen-bond acceptors (Lipinski definition) is 3. The zero-order valence-electron chi connectivity index (χ0n) is 37.6. The second-order valence-corrected chi connectivity index (χ2v) is 22.3. The van der Waals surface area contributed by atoms with Crippen molar-refractivity contribution in [1.82, 2.24) is 4.57 Å². The number of furan rings is 1. The second kappa shape index (κ2) is 12.0. The molecule has 3 aromatic heterocycles. The minimum absolute atomic E-state index is 0.0171. The highest BCUT2D eigenvalue weighted by Gasteiger charge is 2.48. The Kier molecular flexibility index (Phi) is 6.89. The molecule has 0 spiro atoms. The van der Waals surface area contributed by atoms with Crippen molar-refractivity contribution < 1.29 is 4.42 Å². The highest BCUT2D eigenvalue weighted by atomic mass is 32.1. The molecule has 8 aromatic carbocycles. The summed E-state index contributed by atoms with van der Waals surface area (Å²) in [5.41, 5.74) is 21.4. The van der Waals surface area contributed by atoms with Gasteiger partial charge in [0, 0.05) is 75.3 Å². The lowest BCUT2D eigenvalue weighted by molar-refractivity contribution is 0.590. The molecule has 1 aliphatic carbocycles. The molecule has 308 valence electrons. The van der Waals surface area contributed by atoms with E-state index in [2.05, 4.69) is 204 Å². The predicted molar refractivity (Wildman–Crippen MR) is 275 cm³/mol. The van der Waals surface area contributed by atoms with E-state index < -0.39 is 0 Å². The minimum atomic E-state index is -0.156. The summed E-state index contributed by atoms with van der Waals surface area (Å²) in [4.78, 5) is 2.70. The SMILES string of the molecule is CC(C)(C)c1ccc(N2B3c4cc5c(cc4-n4c6ccc(C(C)(C)C)cc6c6c7c(sc8ccccc87)c(c3c64)-c3cc4oc6ccccc6c4cc32)C(C)(C)c2ccccc2-5)cc1. The molecule has 5 heterocycles. The Morgan fingerprint density at radius 3 is 2.08 bits per heavy atom. The lowest BCUT2D eigenvalue weighted by atomic mass is 9.43. The first kappa shape index (κ1) is 36.9. The molecule has 64 heavy (non-hydrogen) atoms. The fourth-order valence-electron chi connectivity index (χ4n) is 12.1. The van der Waals surface area contributed by atoms with Crippen LogP contribution in [-0.4, -0.2) is 11.4 Å². The average Bonchev–Trinajstić information content (AvgIpc) is 4.00. The van der Waals surface area contributed by atoms with E-state index in [0.717, 1.165) is 21.9 Å². The fourth-order valence-corrected chi connectivity index (χ4v) is 13.3. The summed E-state index contributed by atoms with van der Waals surface area (Å²) < 4.78 is 12.1. The molecule has 3 aliphatic rings. The number of benzene rings is 8. The first-order chi connectivity index (χ1) is 30.8. The monoisotopic (exact) mass is 842 g/mol. The third-order valence-electron chi connectivity index (χ3n) is 15.3. The van der Waals surface area contributed by atoms with Gasteiger partial charge in [0.25, 0.3) is 0 Å². The lowest BCUT2D eigenvalue weighted by Crippen LogP contribution is -2.60. The van der Waals surface area contributed by atoms with Crippen LogP contribution in [-0.2, 0) is 16.2 Å². The number of thiophene rings is 1. The zero-order chi connectivity index (χ0) is 43.3. The number of fused-ring (bicyclic) bond motifs is 19. The molecule has 0 radical (unpaired) electrons. The zero-order valence-corrected chi connectivity index (χ0v) is 38.4. The molecular weight excluding hydrogens is 796 g/mol. The van der Waals surface area contributed by atoms with Crippen LogP contribution in [0, 0.1) is 0 Å². The molecule has 0 unspecified atom stereocenters. The van der Waals surface area contributed by atoms with Crippen molar-refractivity contribution >= 4 is 104 Å². The van der Waals surface area contributed by atoms with E-state index in [1.165, 1.54) is 114 Å². The van der Waals surface area contributed by atoms with Crippen LogP contribution in [0.5, 0.6) is 0 Å². The van der Waals surface area contributed by atoms with E-state index in [1.807, 2.05) is 11.3 Å². The van der Waals surface area contributed by atoms with Gasteiger partial charge in [-0.1, -0.05) is 140 Å². The number of rotatable bonds is 1. The topological polar surface area (TPSA) is 21.3 Å². The summed E-state index contributed by atoms with van der Waals surface area (Å²) in [7, 11) is 0. The number of hydrogen-bond donors (Lipinski definition) is 0. The molecule has 11 aromatic rings. The van der Waals surface area contributed by atoms with Gasteiger partial charge in [0.1, 0.15) is 11.2 Å². The molecule has 5 heteroatoms. The molecule has 14 rings (SSSR count). The molecule has 0 fully saturated rings. The summed E-state index contributed by atoms with van der Waals surface area (Å²) in [5, 5.41) is 7.67. The predicted octanol–water partition coefficient (Wildman–Crippen LogP) is 15.2. The highest BCUT2D eigenvalue weighted by Crippen LogP contribution is 2.55. The summed E-state index contributed by atoms with van der Waals surface area (Å²) in [5.74, 6) is 0. The average molecular weight is 843 g/mol. The van der Waals surface area contributed by atoms with Gasteiger partial charge in [-0.25, -0.2) is 0 Å². The van der Waals surface area contributed by atoms with E-state index in [4.69, 9.17) is 4.42 Å². The van der Waals surface area contributed by atoms with Gasteiger partial charge in [0.2, 0.25) is 0 Å². The van der Waals surface area contributed by atoms with Gasteiger partial charge in [0.05, 0.1) is 11.0 Å². The molecule has 0 amide bonds. The van der Waals surface area contributed by atoms with Crippen molar-refractivity contribution in [1.29, 1.82) is 0 Å². The standard InChI is InChI=1S/C59H47BN2OS/c1-57(2,3)32-21-24-34(25-22-32)62-46-29-39-36-16-10-13-19-48(36)63-49(39)30-41(46)53-54-55-51(52-37-17-11-14-20-50(37)64-56(52)53)40-27-33(58(4,5)6)23-26-45(40)61(55)47-31-43-38(28-44(47)60(54)62)35-15-9-12-18-42(35)59(43,7)8/h9-31H,1-8H3. The lowest BCUT2D eigenvalue weighted by Gasteiger charge is -2.42. The van der Waals surface area contributed by atoms with Crippen LogP contribution in [0.3, 0.4) is 0 Å². The molecular formula is C59H47BN2OS. The highest BCUT2D eigenvalue weighted by molar-refractivity contribution is 7.27. The Labute approximate surface area is 377 Å². The summed E-state index contributed by atoms with van der Waals surface area (Å²) >= 11 is 1.95. The van der Waals surface area contributed by atoms with Crippen molar-refractivity contribution in [2.75, 3.05) is 4.81 Å². The quantitative estimate of drug-likeness (QED) is 0.154. The van der Waals surface area contributed by atoms with E-state index in [9.17, 15) is 0 Å². The molecule has 0 saturated heterocycles. The van der Waals surface area contributed by atoms with E-state index in [1.54, 1.807) is 0 Å². The number of para-hydroxylation sites is 1. The van der Waals surface area contributed by atoms with Gasteiger partial charge in [-0.05, 0) is 110 Å². The van der Waals surface area contributed by atoms with Gasteiger partial charge >= 0.3 is 6.85 Å². The van der Waals surface area contributed by atoms with Gasteiger partial charge in [-0.3, -0.25) is 0 Å². The normalized spacial score (nSPS) is 14.9. The summed E-state index contributed by atoms with van der Waals surface area (Å²) in [6, 6.07) is 53.6. The minimum Gasteiger partial charge on any atom is -0.456 e. The maximum atomic E-state index is 6.78. The molecule has 0 atom stereocenters. The van der Waals surface area contributed by atoms with Crippen LogP contribution >= 0.6 is 11.3 Å². The van der Waals surface area contributed by atoms with Gasteiger partial charge in [-0.2, -0.15) is 0 Å². The molecule has 0 saturated carbocycles. The number of anilines is 2. The van der Waals surface area contributed by atoms with Crippen molar-refractivity contribution in [3.05, 3.63) is 162 Å². The van der Waals surface area contributed by atoms with Crippen LogP contribution < -0.4 is 15.7 Å². The maximum Gasteiger partial charge on any atom is 0.333 e. The summed E-state index contributed by atoms with van der Waals surface area (Å²) in [6.07, 6.45) is 0. The third kappa shape index (κ3) is 4.58. The molecule has 2 aliphatic heterocycles. The van der Waals surface area contributed by atoms with Crippen LogP contribution in [0.15, 0.2) is 144 Å². The fraction of sp³-hybridized carbons (Fsp3) is 0.186. The number of nitrogens with zero attached hydrogens (tertiary/aromatic N) is 2. The largest absolute Gasteiger partial charge is 0.456 e. The first-order valence-corrected chi connectivity index (χ1v) is 23.7. The van der Waals surface area contributed by atoms with Gasteiger partial charge in [-0.15, -0.1) is 11.3 Å². The molecule has 0 N–H and O–H groups in total. The third-order valence-corrected chi connectivity index (χ3v) is 16.5. The number of aromatic nitrogens is 1. The van der Waals surface area contributed by atoms with E-state index >= 15 is 0 Å². The van der Waals surface area contributed by atoms with E-state index in [0.29, 0.717) is 0 Å².